The van der Waals surface area contributed by atoms with E-state index in [1.807, 2.05) is 0 Å². The molecule has 0 fully saturated rings. The summed E-state index contributed by atoms with van der Waals surface area (Å²) in [7, 11) is 1.53. The molecule has 2 aromatic carbocycles. The van der Waals surface area contributed by atoms with Crippen molar-refractivity contribution in [3.8, 4) is 23.0 Å². The molecule has 1 aliphatic rings. The first-order valence-electron chi connectivity index (χ1n) is 9.03. The van der Waals surface area contributed by atoms with Gasteiger partial charge in [-0.3, -0.25) is 9.59 Å². The van der Waals surface area contributed by atoms with Crippen LogP contribution in [0.4, 0.5) is 0 Å². The quantitative estimate of drug-likeness (QED) is 0.371. The molecular formula is C21H21N3O6. The normalized spacial score (nSPS) is 11.8. The Labute approximate surface area is 173 Å². The largest absolute Gasteiger partial charge is 0.493 e. The molecule has 2 aromatic rings. The summed E-state index contributed by atoms with van der Waals surface area (Å²) in [6.07, 6.45) is 3.04. The van der Waals surface area contributed by atoms with E-state index in [4.69, 9.17) is 18.9 Å². The van der Waals surface area contributed by atoms with Gasteiger partial charge in [0, 0.05) is 11.1 Å². The van der Waals surface area contributed by atoms with Crippen molar-refractivity contribution in [2.45, 2.75) is 0 Å². The van der Waals surface area contributed by atoms with Crippen LogP contribution in [-0.4, -0.2) is 45.1 Å². The molecule has 9 heteroatoms. The van der Waals surface area contributed by atoms with Crippen molar-refractivity contribution in [3.05, 3.63) is 60.2 Å². The van der Waals surface area contributed by atoms with Gasteiger partial charge >= 0.3 is 0 Å². The van der Waals surface area contributed by atoms with Crippen LogP contribution in [0.15, 0.2) is 54.2 Å². The molecule has 0 saturated heterocycles. The standard InChI is InChI=1S/C21H21N3O6/c1-3-9-28-20-15(5-4-6-17(20)27-2)11-23-24-19(25)12-22-21(26)14-7-8-16-18(10-14)30-13-29-16/h3-8,10-11H,1,9,12-13H2,2H3,(H,22,26)(H,24,25)/b23-11-. The molecule has 0 unspecified atom stereocenters. The van der Waals surface area contributed by atoms with Crippen LogP contribution < -0.4 is 29.7 Å². The summed E-state index contributed by atoms with van der Waals surface area (Å²) in [4.78, 5) is 24.2. The fraction of sp³-hybridized carbons (Fsp3) is 0.190. The second-order valence-corrected chi connectivity index (χ2v) is 6.02. The zero-order chi connectivity index (χ0) is 21.3. The Morgan fingerprint density at radius 2 is 2.07 bits per heavy atom. The number of hydrazone groups is 1. The van der Waals surface area contributed by atoms with E-state index in [-0.39, 0.29) is 13.3 Å². The zero-order valence-electron chi connectivity index (χ0n) is 16.3. The SMILES string of the molecule is C=CCOc1c(/C=N\NC(=O)CNC(=O)c2ccc3c(c2)OCO3)cccc1OC. The number of nitrogens with one attached hydrogen (secondary N) is 2. The van der Waals surface area contributed by atoms with Crippen LogP contribution in [0.3, 0.4) is 0 Å². The summed E-state index contributed by atoms with van der Waals surface area (Å²) in [5, 5.41) is 6.43. The molecule has 0 saturated carbocycles. The molecule has 0 aliphatic carbocycles. The minimum atomic E-state index is -0.489. The lowest BCUT2D eigenvalue weighted by molar-refractivity contribution is -0.120. The number of hydrogen-bond acceptors (Lipinski definition) is 7. The fourth-order valence-electron chi connectivity index (χ4n) is 2.61. The molecule has 0 radical (unpaired) electrons. The zero-order valence-corrected chi connectivity index (χ0v) is 16.3. The predicted molar refractivity (Wildman–Crippen MR) is 109 cm³/mol. The number of ether oxygens (including phenoxy) is 4. The van der Waals surface area contributed by atoms with Gasteiger partial charge in [0.05, 0.1) is 19.9 Å². The van der Waals surface area contributed by atoms with Crippen LogP contribution in [0.1, 0.15) is 15.9 Å². The third-order valence-electron chi connectivity index (χ3n) is 4.01. The summed E-state index contributed by atoms with van der Waals surface area (Å²) in [5.41, 5.74) is 3.32. The van der Waals surface area contributed by atoms with E-state index in [0.717, 1.165) is 0 Å². The topological polar surface area (TPSA) is 107 Å². The highest BCUT2D eigenvalue weighted by atomic mass is 16.7. The number of hydrogen-bond donors (Lipinski definition) is 2. The maximum Gasteiger partial charge on any atom is 0.259 e. The maximum atomic E-state index is 12.2. The Morgan fingerprint density at radius 3 is 2.87 bits per heavy atom. The highest BCUT2D eigenvalue weighted by molar-refractivity contribution is 5.97. The molecule has 0 spiro atoms. The molecular weight excluding hydrogens is 390 g/mol. The lowest BCUT2D eigenvalue weighted by atomic mass is 10.2. The van der Waals surface area contributed by atoms with Gasteiger partial charge in [-0.05, 0) is 30.3 Å². The fourth-order valence-corrected chi connectivity index (χ4v) is 2.61. The van der Waals surface area contributed by atoms with E-state index in [1.54, 1.807) is 42.5 Å². The summed E-state index contributed by atoms with van der Waals surface area (Å²) in [5.74, 6) is 1.17. The van der Waals surface area contributed by atoms with Gasteiger partial charge in [-0.25, -0.2) is 5.43 Å². The van der Waals surface area contributed by atoms with Gasteiger partial charge in [0.15, 0.2) is 23.0 Å². The van der Waals surface area contributed by atoms with Crippen molar-refractivity contribution in [1.82, 2.24) is 10.7 Å². The summed E-state index contributed by atoms with van der Waals surface area (Å²) >= 11 is 0. The molecule has 30 heavy (non-hydrogen) atoms. The van der Waals surface area contributed by atoms with Crippen LogP contribution in [0, 0.1) is 0 Å². The van der Waals surface area contributed by atoms with E-state index < -0.39 is 11.8 Å². The highest BCUT2D eigenvalue weighted by Crippen LogP contribution is 2.32. The summed E-state index contributed by atoms with van der Waals surface area (Å²) < 4.78 is 21.3. The number of methoxy groups -OCH3 is 1. The van der Waals surface area contributed by atoms with E-state index in [1.165, 1.54) is 13.3 Å². The van der Waals surface area contributed by atoms with Crippen LogP contribution >= 0.6 is 0 Å². The van der Waals surface area contributed by atoms with Gasteiger partial charge in [0.1, 0.15) is 6.61 Å². The smallest absolute Gasteiger partial charge is 0.259 e. The number of carbonyl (C=O) groups is 2. The van der Waals surface area contributed by atoms with Crippen molar-refractivity contribution in [2.24, 2.45) is 5.10 Å². The van der Waals surface area contributed by atoms with Crippen molar-refractivity contribution in [2.75, 3.05) is 27.1 Å². The Hall–Kier alpha value is -4.01. The monoisotopic (exact) mass is 411 g/mol. The maximum absolute atomic E-state index is 12.2. The third-order valence-corrected chi connectivity index (χ3v) is 4.01. The Kier molecular flexibility index (Phi) is 6.88. The molecule has 1 heterocycles. The van der Waals surface area contributed by atoms with Crippen molar-refractivity contribution < 1.29 is 28.5 Å². The first-order chi connectivity index (χ1) is 14.6. The third kappa shape index (κ3) is 5.07. The molecule has 1 aliphatic heterocycles. The van der Waals surface area contributed by atoms with Crippen molar-refractivity contribution in [3.63, 3.8) is 0 Å². The molecule has 9 nitrogen and oxygen atoms in total. The van der Waals surface area contributed by atoms with Crippen LogP contribution in [0.2, 0.25) is 0 Å². The van der Waals surface area contributed by atoms with Crippen LogP contribution in [0.5, 0.6) is 23.0 Å². The van der Waals surface area contributed by atoms with E-state index in [9.17, 15) is 9.59 Å². The first kappa shape index (κ1) is 20.7. The Bertz CT molecular complexity index is 973. The first-order valence-corrected chi connectivity index (χ1v) is 9.03. The van der Waals surface area contributed by atoms with Gasteiger partial charge in [-0.15, -0.1) is 0 Å². The Morgan fingerprint density at radius 1 is 1.23 bits per heavy atom. The predicted octanol–water partition coefficient (Wildman–Crippen LogP) is 1.87. The van der Waals surface area contributed by atoms with E-state index in [0.29, 0.717) is 40.7 Å². The van der Waals surface area contributed by atoms with Gasteiger partial charge in [-0.1, -0.05) is 18.7 Å². The average molecular weight is 411 g/mol. The van der Waals surface area contributed by atoms with Gasteiger partial charge in [0.25, 0.3) is 11.8 Å². The molecule has 2 amide bonds. The number of carbonyl (C=O) groups excluding carboxylic acids is 2. The number of amides is 2. The molecule has 2 N–H and O–H groups in total. The summed E-state index contributed by atoms with van der Waals surface area (Å²) in [6, 6.07) is 10.1. The van der Waals surface area contributed by atoms with Gasteiger partial charge < -0.3 is 24.3 Å². The lowest BCUT2D eigenvalue weighted by Crippen LogP contribution is -2.34. The number of rotatable bonds is 9. The second-order valence-electron chi connectivity index (χ2n) is 6.02. The minimum Gasteiger partial charge on any atom is -0.493 e. The number of benzene rings is 2. The average Bonchev–Trinajstić information content (AvgIpc) is 3.24. The highest BCUT2D eigenvalue weighted by Gasteiger charge is 2.16. The number of fused-ring (bicyclic) bond motifs is 1. The van der Waals surface area contributed by atoms with Crippen molar-refractivity contribution in [1.29, 1.82) is 0 Å². The van der Waals surface area contributed by atoms with Crippen LogP contribution in [-0.2, 0) is 4.79 Å². The Balaban J connectivity index is 1.54. The molecule has 0 aromatic heterocycles. The second kappa shape index (κ2) is 9.97. The molecule has 0 atom stereocenters. The van der Waals surface area contributed by atoms with Gasteiger partial charge in [0.2, 0.25) is 6.79 Å². The van der Waals surface area contributed by atoms with Gasteiger partial charge in [-0.2, -0.15) is 5.10 Å². The van der Waals surface area contributed by atoms with E-state index >= 15 is 0 Å². The molecule has 0 bridgehead atoms. The summed E-state index contributed by atoms with van der Waals surface area (Å²) in [6.45, 7) is 3.78. The van der Waals surface area contributed by atoms with Crippen molar-refractivity contribution >= 4 is 18.0 Å². The van der Waals surface area contributed by atoms with E-state index in [2.05, 4.69) is 22.4 Å². The molecule has 3 rings (SSSR count). The van der Waals surface area contributed by atoms with Crippen LogP contribution in [0.25, 0.3) is 0 Å². The number of nitrogens with zero attached hydrogens (tertiary/aromatic N) is 1. The lowest BCUT2D eigenvalue weighted by Gasteiger charge is -2.11. The number of para-hydroxylation sites is 1. The minimum absolute atomic E-state index is 0.119. The molecule has 156 valence electrons.